The molecule has 1 unspecified atom stereocenters. The second kappa shape index (κ2) is 7.55. The number of hydrogen-bond donors (Lipinski definition) is 2. The first-order valence-electron chi connectivity index (χ1n) is 7.90. The highest BCUT2D eigenvalue weighted by atomic mass is 35.5. The Morgan fingerprint density at radius 2 is 1.67 bits per heavy atom. The lowest BCUT2D eigenvalue weighted by Gasteiger charge is -2.35. The van der Waals surface area contributed by atoms with E-state index in [0.717, 1.165) is 31.1 Å². The number of urea groups is 1. The zero-order valence-electron chi connectivity index (χ0n) is 13.5. The number of benzene rings is 2. The second-order valence-corrected chi connectivity index (χ2v) is 6.19. The first-order valence-corrected chi connectivity index (χ1v) is 8.27. The maximum atomic E-state index is 12.0. The standard InChI is InChI=1S/C18H20ClN3O2/c1-13-12-24-11-10-22(13)17-8-6-16(7-9-17)21-18(23)20-15-4-2-14(19)3-5-15/h2-9,13H,10-12H2,1H3,(H2,20,21,23). The molecule has 2 aromatic rings. The number of carbonyl (C=O) groups is 1. The third kappa shape index (κ3) is 4.19. The van der Waals surface area contributed by atoms with Crippen LogP contribution in [-0.2, 0) is 4.74 Å². The minimum Gasteiger partial charge on any atom is -0.377 e. The van der Waals surface area contributed by atoms with Crippen LogP contribution in [0.3, 0.4) is 0 Å². The predicted molar refractivity (Wildman–Crippen MR) is 98.2 cm³/mol. The largest absolute Gasteiger partial charge is 0.377 e. The van der Waals surface area contributed by atoms with E-state index in [1.165, 1.54) is 0 Å². The number of anilines is 3. The summed E-state index contributed by atoms with van der Waals surface area (Å²) in [5, 5.41) is 6.22. The number of morpholine rings is 1. The fourth-order valence-electron chi connectivity index (χ4n) is 2.67. The molecule has 0 radical (unpaired) electrons. The number of halogens is 1. The highest BCUT2D eigenvalue weighted by Gasteiger charge is 2.18. The first-order chi connectivity index (χ1) is 11.6. The van der Waals surface area contributed by atoms with Gasteiger partial charge >= 0.3 is 6.03 Å². The summed E-state index contributed by atoms with van der Waals surface area (Å²) in [4.78, 5) is 14.3. The third-order valence-corrected chi connectivity index (χ3v) is 4.18. The van der Waals surface area contributed by atoms with Crippen molar-refractivity contribution in [3.8, 4) is 0 Å². The van der Waals surface area contributed by atoms with E-state index in [9.17, 15) is 4.79 Å². The monoisotopic (exact) mass is 345 g/mol. The van der Waals surface area contributed by atoms with Crippen molar-refractivity contribution >= 4 is 34.7 Å². The van der Waals surface area contributed by atoms with Crippen molar-refractivity contribution in [3.05, 3.63) is 53.6 Å². The smallest absolute Gasteiger partial charge is 0.323 e. The van der Waals surface area contributed by atoms with Crippen molar-refractivity contribution in [2.24, 2.45) is 0 Å². The lowest BCUT2D eigenvalue weighted by Crippen LogP contribution is -2.43. The summed E-state index contributed by atoms with van der Waals surface area (Å²) in [7, 11) is 0. The summed E-state index contributed by atoms with van der Waals surface area (Å²) < 4.78 is 5.46. The third-order valence-electron chi connectivity index (χ3n) is 3.93. The van der Waals surface area contributed by atoms with Gasteiger partial charge in [-0.3, -0.25) is 0 Å². The number of ether oxygens (including phenoxy) is 1. The fraction of sp³-hybridized carbons (Fsp3) is 0.278. The van der Waals surface area contributed by atoms with Gasteiger partial charge in [0, 0.05) is 34.7 Å². The van der Waals surface area contributed by atoms with Gasteiger partial charge in [0.2, 0.25) is 0 Å². The maximum absolute atomic E-state index is 12.0. The molecular weight excluding hydrogens is 326 g/mol. The summed E-state index contributed by atoms with van der Waals surface area (Å²) in [6, 6.07) is 14.9. The van der Waals surface area contributed by atoms with Crippen molar-refractivity contribution in [1.29, 1.82) is 0 Å². The van der Waals surface area contributed by atoms with E-state index in [2.05, 4.69) is 22.5 Å². The molecule has 0 bridgehead atoms. The predicted octanol–water partition coefficient (Wildman–Crippen LogP) is 4.21. The van der Waals surface area contributed by atoms with Gasteiger partial charge in [-0.1, -0.05) is 11.6 Å². The Hall–Kier alpha value is -2.24. The van der Waals surface area contributed by atoms with Gasteiger partial charge in [0.25, 0.3) is 0 Å². The quantitative estimate of drug-likeness (QED) is 0.876. The van der Waals surface area contributed by atoms with Crippen LogP contribution in [0.25, 0.3) is 0 Å². The molecule has 2 aromatic carbocycles. The molecule has 1 heterocycles. The van der Waals surface area contributed by atoms with Crippen LogP contribution in [0.15, 0.2) is 48.5 Å². The molecule has 1 aliphatic heterocycles. The van der Waals surface area contributed by atoms with E-state index in [-0.39, 0.29) is 6.03 Å². The van der Waals surface area contributed by atoms with E-state index in [1.807, 2.05) is 24.3 Å². The summed E-state index contributed by atoms with van der Waals surface area (Å²) in [6.45, 7) is 4.51. The van der Waals surface area contributed by atoms with E-state index in [1.54, 1.807) is 24.3 Å². The summed E-state index contributed by atoms with van der Waals surface area (Å²) in [5.41, 5.74) is 2.57. The minimum absolute atomic E-state index is 0.287. The molecule has 1 atom stereocenters. The van der Waals surface area contributed by atoms with Gasteiger partial charge in [-0.15, -0.1) is 0 Å². The Morgan fingerprint density at radius 3 is 2.25 bits per heavy atom. The highest BCUT2D eigenvalue weighted by Crippen LogP contribution is 2.22. The molecule has 0 spiro atoms. The molecule has 126 valence electrons. The van der Waals surface area contributed by atoms with Crippen molar-refractivity contribution in [2.45, 2.75) is 13.0 Å². The van der Waals surface area contributed by atoms with Crippen LogP contribution in [0.4, 0.5) is 21.9 Å². The van der Waals surface area contributed by atoms with Crippen molar-refractivity contribution < 1.29 is 9.53 Å². The molecule has 1 aliphatic rings. The summed E-state index contributed by atoms with van der Waals surface area (Å²) in [5.74, 6) is 0. The van der Waals surface area contributed by atoms with Crippen LogP contribution < -0.4 is 15.5 Å². The first kappa shape index (κ1) is 16.6. The van der Waals surface area contributed by atoms with Gasteiger partial charge in [-0.05, 0) is 55.5 Å². The van der Waals surface area contributed by atoms with Gasteiger partial charge in [0.15, 0.2) is 0 Å². The minimum atomic E-state index is -0.287. The van der Waals surface area contributed by atoms with Crippen molar-refractivity contribution in [1.82, 2.24) is 0 Å². The van der Waals surface area contributed by atoms with Crippen LogP contribution in [-0.4, -0.2) is 31.8 Å². The molecule has 1 fully saturated rings. The molecular formula is C18H20ClN3O2. The maximum Gasteiger partial charge on any atom is 0.323 e. The van der Waals surface area contributed by atoms with E-state index >= 15 is 0 Å². The zero-order chi connectivity index (χ0) is 16.9. The Morgan fingerprint density at radius 1 is 1.08 bits per heavy atom. The van der Waals surface area contributed by atoms with Crippen LogP contribution in [0.1, 0.15) is 6.92 Å². The number of nitrogens with one attached hydrogen (secondary N) is 2. The van der Waals surface area contributed by atoms with Gasteiger partial charge in [0.05, 0.1) is 13.2 Å². The molecule has 24 heavy (non-hydrogen) atoms. The number of rotatable bonds is 3. The van der Waals surface area contributed by atoms with Crippen molar-refractivity contribution in [3.63, 3.8) is 0 Å². The van der Waals surface area contributed by atoms with E-state index in [0.29, 0.717) is 16.8 Å². The lowest BCUT2D eigenvalue weighted by molar-refractivity contribution is 0.0989. The van der Waals surface area contributed by atoms with Crippen LogP contribution >= 0.6 is 11.6 Å². The Labute approximate surface area is 146 Å². The average molecular weight is 346 g/mol. The molecule has 5 nitrogen and oxygen atoms in total. The van der Waals surface area contributed by atoms with Crippen molar-refractivity contribution in [2.75, 3.05) is 35.3 Å². The van der Waals surface area contributed by atoms with Gasteiger partial charge < -0.3 is 20.3 Å². The molecule has 0 aliphatic carbocycles. The Balaban J connectivity index is 1.59. The SMILES string of the molecule is CC1COCCN1c1ccc(NC(=O)Nc2ccc(Cl)cc2)cc1. The Kier molecular flexibility index (Phi) is 5.23. The van der Waals surface area contributed by atoms with Gasteiger partial charge in [0.1, 0.15) is 0 Å². The lowest BCUT2D eigenvalue weighted by atomic mass is 10.2. The normalized spacial score (nSPS) is 17.4. The summed E-state index contributed by atoms with van der Waals surface area (Å²) in [6.07, 6.45) is 0. The molecule has 0 aromatic heterocycles. The number of amides is 2. The van der Waals surface area contributed by atoms with E-state index < -0.39 is 0 Å². The van der Waals surface area contributed by atoms with Gasteiger partial charge in [-0.2, -0.15) is 0 Å². The van der Waals surface area contributed by atoms with Gasteiger partial charge in [-0.25, -0.2) is 4.79 Å². The summed E-state index contributed by atoms with van der Waals surface area (Å²) >= 11 is 5.83. The Bertz CT molecular complexity index is 688. The van der Waals surface area contributed by atoms with Crippen LogP contribution in [0.2, 0.25) is 5.02 Å². The number of carbonyl (C=O) groups excluding carboxylic acids is 1. The van der Waals surface area contributed by atoms with Crippen LogP contribution in [0, 0.1) is 0 Å². The zero-order valence-corrected chi connectivity index (χ0v) is 14.2. The van der Waals surface area contributed by atoms with Crippen LogP contribution in [0.5, 0.6) is 0 Å². The second-order valence-electron chi connectivity index (χ2n) is 5.75. The number of nitrogens with zero attached hydrogens (tertiary/aromatic N) is 1. The number of hydrogen-bond acceptors (Lipinski definition) is 3. The molecule has 2 amide bonds. The molecule has 3 rings (SSSR count). The molecule has 0 saturated carbocycles. The van der Waals surface area contributed by atoms with E-state index in [4.69, 9.17) is 16.3 Å². The fourth-order valence-corrected chi connectivity index (χ4v) is 2.80. The molecule has 2 N–H and O–H groups in total. The topological polar surface area (TPSA) is 53.6 Å². The average Bonchev–Trinajstić information content (AvgIpc) is 2.58. The highest BCUT2D eigenvalue weighted by molar-refractivity contribution is 6.30. The molecule has 6 heteroatoms. The molecule has 1 saturated heterocycles.